The Hall–Kier alpha value is -6.12. The number of aromatic nitrogens is 2. The van der Waals surface area contributed by atoms with Crippen LogP contribution in [0.5, 0.6) is 0 Å². The maximum absolute atomic E-state index is 4.00. The van der Waals surface area contributed by atoms with Crippen molar-refractivity contribution in [3.63, 3.8) is 0 Å². The van der Waals surface area contributed by atoms with Crippen molar-refractivity contribution in [1.82, 2.24) is 9.13 Å². The molecule has 0 saturated carbocycles. The Bertz CT molecular complexity index is 2510. The molecule has 0 saturated heterocycles. The topological polar surface area (TPSA) is 9.86 Å². The number of para-hydroxylation sites is 2. The Morgan fingerprint density at radius 1 is 0.552 bits per heavy atom. The van der Waals surface area contributed by atoms with Gasteiger partial charge in [0.25, 0.3) is 0 Å². The summed E-state index contributed by atoms with van der Waals surface area (Å²) in [4.78, 5) is 0. The molecule has 0 unspecified atom stereocenters. The first-order valence-electron chi connectivity index (χ1n) is 21.3. The maximum atomic E-state index is 4.00. The molecule has 0 radical (unpaired) electrons. The third kappa shape index (κ3) is 11.5. The smallest absolute Gasteiger partial charge is 0.0541 e. The molecule has 0 aliphatic rings. The minimum atomic E-state index is 0.750. The van der Waals surface area contributed by atoms with Crippen molar-refractivity contribution in [2.75, 3.05) is 0 Å². The fourth-order valence-electron chi connectivity index (χ4n) is 6.81. The van der Waals surface area contributed by atoms with Crippen molar-refractivity contribution in [3.05, 3.63) is 193 Å². The third-order valence-corrected chi connectivity index (χ3v) is 9.00. The van der Waals surface area contributed by atoms with Crippen LogP contribution in [0.2, 0.25) is 0 Å². The highest BCUT2D eigenvalue weighted by Gasteiger charge is 2.14. The van der Waals surface area contributed by atoms with Gasteiger partial charge in [0.1, 0.15) is 0 Å². The van der Waals surface area contributed by atoms with Gasteiger partial charge in [-0.05, 0) is 85.5 Å². The van der Waals surface area contributed by atoms with Crippen molar-refractivity contribution in [1.29, 1.82) is 0 Å². The van der Waals surface area contributed by atoms with E-state index in [4.69, 9.17) is 0 Å². The summed E-state index contributed by atoms with van der Waals surface area (Å²) >= 11 is 0. The lowest BCUT2D eigenvalue weighted by atomic mass is 10.0. The predicted molar refractivity (Wildman–Crippen MR) is 265 cm³/mol. The normalized spacial score (nSPS) is 11.4. The van der Waals surface area contributed by atoms with E-state index >= 15 is 0 Å². The van der Waals surface area contributed by atoms with Gasteiger partial charge in [-0.2, -0.15) is 0 Å². The second-order valence-corrected chi connectivity index (χ2v) is 12.0. The van der Waals surface area contributed by atoms with Gasteiger partial charge in [-0.1, -0.05) is 202 Å². The molecule has 0 bridgehead atoms. The first kappa shape index (κ1) is 48.0. The fraction of sp³-hybridized carbons (Fsp3) is 0.214. The fourth-order valence-corrected chi connectivity index (χ4v) is 6.81. The molecule has 302 valence electrons. The molecule has 0 spiro atoms. The van der Waals surface area contributed by atoms with Crippen LogP contribution in [0.25, 0.3) is 67.2 Å². The van der Waals surface area contributed by atoms with Crippen LogP contribution in [0.1, 0.15) is 81.7 Å². The van der Waals surface area contributed by atoms with Crippen molar-refractivity contribution in [2.24, 2.45) is 0 Å². The molecule has 2 heteroatoms. The van der Waals surface area contributed by atoms with Crippen LogP contribution < -0.4 is 10.6 Å². The lowest BCUT2D eigenvalue weighted by Crippen LogP contribution is -2.28. The molecule has 58 heavy (non-hydrogen) atoms. The first-order chi connectivity index (χ1) is 28.6. The standard InChI is InChI=1S/C43H36N2.C5H8.4C2H6/c1-4-15-31(27-28-44-40(16-5-2)36(6-3)37-21-10-12-23-41(37)44)34-25-26-43-39(30-34)38-22-11-13-24-42(38)45(43)35-20-14-19-33(29-35)32-17-8-7-9-18-32;1-3-5-4-2;4*1-2/h4-27,29-30H,2,28H2,1,3H3;3-5H,1H2,2H3;4*1-2H3/b15-4-,31-27+,36-6-,40-16+;5-4-;;;;. The van der Waals surface area contributed by atoms with Gasteiger partial charge < -0.3 is 9.13 Å². The van der Waals surface area contributed by atoms with Crippen LogP contribution in [-0.4, -0.2) is 9.13 Å². The SMILES string of the molecule is C=C/C=C\C.C=C/C=c1\c(=C/C)c2ccccc2n1C/C=C(\C=C/C)c1ccc2c(c1)c1ccccc1n2-c1cccc(-c2ccccc2)c1.CC.CC.CC.CC. The van der Waals surface area contributed by atoms with Crippen LogP contribution in [0, 0.1) is 0 Å². The Morgan fingerprint density at radius 3 is 1.76 bits per heavy atom. The zero-order valence-corrected chi connectivity index (χ0v) is 37.3. The minimum absolute atomic E-state index is 0.750. The first-order valence-corrected chi connectivity index (χ1v) is 21.3. The number of hydrogen-bond donors (Lipinski definition) is 0. The molecule has 0 N–H and O–H groups in total. The zero-order chi connectivity index (χ0) is 42.9. The van der Waals surface area contributed by atoms with E-state index in [-0.39, 0.29) is 0 Å². The number of allylic oxidation sites excluding steroid dienone is 8. The second kappa shape index (κ2) is 26.7. The summed E-state index contributed by atoms with van der Waals surface area (Å²) in [6, 6.07) is 43.7. The number of nitrogens with zero attached hydrogens (tertiary/aromatic N) is 2. The van der Waals surface area contributed by atoms with Gasteiger partial charge in [0.15, 0.2) is 0 Å². The van der Waals surface area contributed by atoms with E-state index in [1.807, 2.05) is 80.5 Å². The van der Waals surface area contributed by atoms with Crippen LogP contribution in [0.15, 0.2) is 177 Å². The van der Waals surface area contributed by atoms with Crippen molar-refractivity contribution >= 4 is 50.4 Å². The van der Waals surface area contributed by atoms with E-state index in [9.17, 15) is 0 Å². The number of fused-ring (bicyclic) bond motifs is 4. The van der Waals surface area contributed by atoms with E-state index in [1.54, 1.807) is 6.08 Å². The molecule has 0 aliphatic carbocycles. The number of benzene rings is 5. The quantitative estimate of drug-likeness (QED) is 0.136. The molecule has 7 aromatic rings. The largest absolute Gasteiger partial charge is 0.337 e. The van der Waals surface area contributed by atoms with Crippen LogP contribution >= 0.6 is 0 Å². The molecule has 2 nitrogen and oxygen atoms in total. The summed E-state index contributed by atoms with van der Waals surface area (Å²) in [5.41, 5.74) is 9.63. The number of rotatable bonds is 8. The third-order valence-electron chi connectivity index (χ3n) is 9.00. The monoisotopic (exact) mass is 769 g/mol. The van der Waals surface area contributed by atoms with Gasteiger partial charge in [-0.25, -0.2) is 0 Å². The lowest BCUT2D eigenvalue weighted by Gasteiger charge is -2.11. The van der Waals surface area contributed by atoms with Gasteiger partial charge in [0.2, 0.25) is 0 Å². The molecule has 0 amide bonds. The Labute approximate surface area is 350 Å². The Morgan fingerprint density at radius 2 is 1.16 bits per heavy atom. The maximum Gasteiger partial charge on any atom is 0.0541 e. The van der Waals surface area contributed by atoms with Crippen LogP contribution in [0.3, 0.4) is 0 Å². The van der Waals surface area contributed by atoms with Crippen molar-refractivity contribution < 1.29 is 0 Å². The molecule has 0 aliphatic heterocycles. The lowest BCUT2D eigenvalue weighted by molar-refractivity contribution is 0.832. The summed E-state index contributed by atoms with van der Waals surface area (Å²) in [6.45, 7) is 30.4. The van der Waals surface area contributed by atoms with E-state index in [1.165, 1.54) is 65.5 Å². The summed E-state index contributed by atoms with van der Waals surface area (Å²) in [7, 11) is 0. The molecule has 2 heterocycles. The van der Waals surface area contributed by atoms with Gasteiger partial charge in [0.05, 0.1) is 11.0 Å². The highest BCUT2D eigenvalue weighted by molar-refractivity contribution is 6.10. The van der Waals surface area contributed by atoms with E-state index < -0.39 is 0 Å². The van der Waals surface area contributed by atoms with Gasteiger partial charge in [-0.3, -0.25) is 0 Å². The average molecular weight is 769 g/mol. The van der Waals surface area contributed by atoms with Crippen molar-refractivity contribution in [2.45, 2.75) is 82.7 Å². The van der Waals surface area contributed by atoms with Gasteiger partial charge >= 0.3 is 0 Å². The highest BCUT2D eigenvalue weighted by atomic mass is 15.0. The summed E-state index contributed by atoms with van der Waals surface area (Å²) in [5, 5.41) is 6.19. The molecule has 0 fully saturated rings. The van der Waals surface area contributed by atoms with E-state index in [2.05, 4.69) is 188 Å². The molecule has 5 aromatic carbocycles. The molecule has 0 atom stereocenters. The van der Waals surface area contributed by atoms with E-state index in [0.29, 0.717) is 0 Å². The molecule has 7 rings (SSSR count). The minimum Gasteiger partial charge on any atom is -0.337 e. The van der Waals surface area contributed by atoms with Crippen LogP contribution in [0.4, 0.5) is 0 Å². The predicted octanol–water partition coefficient (Wildman–Crippen LogP) is 15.7. The Balaban J connectivity index is 0.000000800. The summed E-state index contributed by atoms with van der Waals surface area (Å²) in [6.07, 6.45) is 18.5. The average Bonchev–Trinajstić information content (AvgIpc) is 3.80. The van der Waals surface area contributed by atoms with Gasteiger partial charge in [-0.15, -0.1) is 0 Å². The molecular weight excluding hydrogens is 701 g/mol. The second-order valence-electron chi connectivity index (χ2n) is 12.0. The molecular formula is C56H68N2. The van der Waals surface area contributed by atoms with E-state index in [0.717, 1.165) is 12.2 Å². The molecule has 2 aromatic heterocycles. The number of hydrogen-bond acceptors (Lipinski definition) is 0. The Kier molecular flexibility index (Phi) is 22.1. The zero-order valence-electron chi connectivity index (χ0n) is 37.3. The van der Waals surface area contributed by atoms with Crippen LogP contribution in [-0.2, 0) is 6.54 Å². The summed E-state index contributed by atoms with van der Waals surface area (Å²) < 4.78 is 4.78. The van der Waals surface area contributed by atoms with Crippen molar-refractivity contribution in [3.8, 4) is 16.8 Å². The highest BCUT2D eigenvalue weighted by Crippen LogP contribution is 2.35. The summed E-state index contributed by atoms with van der Waals surface area (Å²) in [5.74, 6) is 0. The van der Waals surface area contributed by atoms with Gasteiger partial charge in [0, 0.05) is 44.5 Å².